The zero-order valence-electron chi connectivity index (χ0n) is 18.9. The summed E-state index contributed by atoms with van der Waals surface area (Å²) in [4.78, 5) is 22.2. The molecule has 7 rings (SSSR count). The molecule has 4 atom stereocenters. The Morgan fingerprint density at radius 2 is 1.82 bits per heavy atom. The molecule has 6 fully saturated rings. The molecule has 4 saturated carbocycles. The Morgan fingerprint density at radius 3 is 2.56 bits per heavy atom. The Balaban J connectivity index is 1.29. The van der Waals surface area contributed by atoms with Crippen molar-refractivity contribution in [1.29, 1.82) is 0 Å². The molecule has 1 spiro atoms. The molecule has 0 radical (unpaired) electrons. The van der Waals surface area contributed by atoms with Crippen molar-refractivity contribution in [2.24, 2.45) is 17.8 Å². The van der Waals surface area contributed by atoms with Crippen molar-refractivity contribution in [1.82, 2.24) is 14.9 Å². The SMILES string of the molecule is O=C(c1cnc(NC23CCC4CC(CC(C2)C42OCCO2)C3)nc1C(F)(F)F)N1CCOCC1. The van der Waals surface area contributed by atoms with Crippen LogP contribution in [-0.4, -0.2) is 71.6 Å². The fraction of sp³-hybridized carbons (Fsp3) is 0.783. The van der Waals surface area contributed by atoms with Crippen molar-refractivity contribution >= 4 is 11.9 Å². The smallest absolute Gasteiger partial charge is 0.378 e. The van der Waals surface area contributed by atoms with Gasteiger partial charge in [0.2, 0.25) is 5.95 Å². The number of anilines is 1. The Bertz CT molecular complexity index is 964. The van der Waals surface area contributed by atoms with E-state index in [1.165, 1.54) is 4.90 Å². The van der Waals surface area contributed by atoms with E-state index in [4.69, 9.17) is 14.2 Å². The Labute approximate surface area is 195 Å². The number of carbonyl (C=O) groups excluding carboxylic acids is 1. The molecule has 11 heteroatoms. The molecule has 34 heavy (non-hydrogen) atoms. The summed E-state index contributed by atoms with van der Waals surface area (Å²) >= 11 is 0. The second-order valence-corrected chi connectivity index (χ2v) is 10.4. The van der Waals surface area contributed by atoms with Gasteiger partial charge in [-0.25, -0.2) is 9.97 Å². The molecule has 1 aromatic heterocycles. The van der Waals surface area contributed by atoms with Crippen LogP contribution in [0.15, 0.2) is 6.20 Å². The van der Waals surface area contributed by atoms with Crippen LogP contribution in [0.3, 0.4) is 0 Å². The average molecular weight is 483 g/mol. The van der Waals surface area contributed by atoms with E-state index < -0.39 is 34.7 Å². The fourth-order valence-corrected chi connectivity index (χ4v) is 7.10. The van der Waals surface area contributed by atoms with E-state index in [2.05, 4.69) is 15.3 Å². The molecular weight excluding hydrogens is 453 g/mol. The third kappa shape index (κ3) is 3.67. The number of ether oxygens (including phenoxy) is 3. The van der Waals surface area contributed by atoms with Crippen molar-refractivity contribution in [3.63, 3.8) is 0 Å². The van der Waals surface area contributed by atoms with Gasteiger partial charge in [0.25, 0.3) is 5.91 Å². The van der Waals surface area contributed by atoms with Crippen LogP contribution in [0.4, 0.5) is 19.1 Å². The minimum atomic E-state index is -4.77. The normalized spacial score (nSPS) is 34.4. The van der Waals surface area contributed by atoms with Gasteiger partial charge in [-0.05, 0) is 44.4 Å². The number of halogens is 3. The molecule has 4 unspecified atom stereocenters. The largest absolute Gasteiger partial charge is 0.434 e. The number of amides is 1. The van der Waals surface area contributed by atoms with E-state index in [9.17, 15) is 18.0 Å². The molecule has 0 aromatic carbocycles. The zero-order chi connectivity index (χ0) is 23.6. The summed E-state index contributed by atoms with van der Waals surface area (Å²) in [5.74, 6) is -0.357. The number of nitrogens with zero attached hydrogens (tertiary/aromatic N) is 3. The minimum Gasteiger partial charge on any atom is -0.378 e. The van der Waals surface area contributed by atoms with E-state index in [0.29, 0.717) is 38.3 Å². The number of rotatable bonds is 3. The number of aromatic nitrogens is 2. The first-order valence-electron chi connectivity index (χ1n) is 12.2. The van der Waals surface area contributed by atoms with Gasteiger partial charge in [-0.1, -0.05) is 0 Å². The molecule has 1 N–H and O–H groups in total. The molecule has 1 amide bonds. The van der Waals surface area contributed by atoms with Crippen LogP contribution in [0.5, 0.6) is 0 Å². The van der Waals surface area contributed by atoms with Crippen molar-refractivity contribution in [2.75, 3.05) is 44.8 Å². The number of fused-ring (bicyclic) bond motifs is 1. The Kier molecular flexibility index (Phi) is 5.31. The number of hydrogen-bond acceptors (Lipinski definition) is 7. The minimum absolute atomic E-state index is 0.0760. The van der Waals surface area contributed by atoms with Crippen LogP contribution in [0.25, 0.3) is 0 Å². The fourth-order valence-electron chi connectivity index (χ4n) is 7.10. The highest BCUT2D eigenvalue weighted by Gasteiger charge is 2.62. The summed E-state index contributed by atoms with van der Waals surface area (Å²) in [5, 5.41) is 3.31. The molecule has 4 bridgehead atoms. The predicted octanol–water partition coefficient (Wildman–Crippen LogP) is 3.09. The first-order valence-corrected chi connectivity index (χ1v) is 12.2. The summed E-state index contributed by atoms with van der Waals surface area (Å²) < 4.78 is 59.5. The van der Waals surface area contributed by atoms with Crippen LogP contribution in [0, 0.1) is 17.8 Å². The molecular formula is C23H29F3N4O4. The lowest BCUT2D eigenvalue weighted by molar-refractivity contribution is -0.256. The highest BCUT2D eigenvalue weighted by atomic mass is 19.4. The summed E-state index contributed by atoms with van der Waals surface area (Å²) in [5.41, 5.74) is -2.12. The van der Waals surface area contributed by atoms with Gasteiger partial charge in [-0.2, -0.15) is 13.2 Å². The predicted molar refractivity (Wildman–Crippen MR) is 113 cm³/mol. The Morgan fingerprint density at radius 1 is 1.09 bits per heavy atom. The topological polar surface area (TPSA) is 85.8 Å². The van der Waals surface area contributed by atoms with Crippen LogP contribution in [0.2, 0.25) is 0 Å². The third-order valence-electron chi connectivity index (χ3n) is 8.36. The first-order chi connectivity index (χ1) is 16.3. The van der Waals surface area contributed by atoms with Gasteiger partial charge < -0.3 is 24.4 Å². The third-order valence-corrected chi connectivity index (χ3v) is 8.36. The number of nitrogens with one attached hydrogen (secondary N) is 1. The van der Waals surface area contributed by atoms with Gasteiger partial charge >= 0.3 is 6.18 Å². The summed E-state index contributed by atoms with van der Waals surface area (Å²) in [6.07, 6.45) is 1.59. The van der Waals surface area contributed by atoms with E-state index in [-0.39, 0.29) is 25.0 Å². The van der Waals surface area contributed by atoms with Crippen molar-refractivity contribution in [3.05, 3.63) is 17.5 Å². The van der Waals surface area contributed by atoms with Crippen LogP contribution in [-0.2, 0) is 20.4 Å². The number of morpholine rings is 1. The molecule has 2 saturated heterocycles. The molecule has 4 aliphatic carbocycles. The molecule has 3 heterocycles. The second-order valence-electron chi connectivity index (χ2n) is 10.4. The zero-order valence-corrected chi connectivity index (χ0v) is 18.9. The van der Waals surface area contributed by atoms with Crippen molar-refractivity contribution in [3.8, 4) is 0 Å². The number of hydrogen-bond donors (Lipinski definition) is 1. The number of alkyl halides is 3. The van der Waals surface area contributed by atoms with Gasteiger partial charge in [0.05, 0.1) is 32.0 Å². The van der Waals surface area contributed by atoms with Gasteiger partial charge in [-0.15, -0.1) is 0 Å². The maximum Gasteiger partial charge on any atom is 0.434 e. The monoisotopic (exact) mass is 482 g/mol. The van der Waals surface area contributed by atoms with E-state index in [1.54, 1.807) is 0 Å². The summed E-state index contributed by atoms with van der Waals surface area (Å²) in [6, 6.07) is 0. The Hall–Kier alpha value is -1.98. The first kappa shape index (κ1) is 22.5. The lowest BCUT2D eigenvalue weighted by atomic mass is 9.62. The highest BCUT2D eigenvalue weighted by Crippen LogP contribution is 2.60. The maximum atomic E-state index is 14.0. The summed E-state index contributed by atoms with van der Waals surface area (Å²) in [7, 11) is 0. The standard InChI is InChI=1S/C23H29F3N4O4/c24-23(25,26)18-17(19(31)30-3-5-32-6-4-30)13-27-20(28-18)29-21-2-1-15-9-14(11-21)10-16(12-21)22(15)33-7-8-34-22/h13-16H,1-12H2,(H,27,28,29). The van der Waals surface area contributed by atoms with Gasteiger partial charge in [0.15, 0.2) is 11.5 Å². The van der Waals surface area contributed by atoms with Gasteiger partial charge in [0.1, 0.15) is 0 Å². The summed E-state index contributed by atoms with van der Waals surface area (Å²) in [6.45, 7) is 2.27. The lowest BCUT2D eigenvalue weighted by Crippen LogP contribution is -2.55. The number of carbonyl (C=O) groups is 1. The highest BCUT2D eigenvalue weighted by molar-refractivity contribution is 5.95. The van der Waals surface area contributed by atoms with Crippen LogP contribution in [0.1, 0.15) is 54.6 Å². The second kappa shape index (κ2) is 8.03. The van der Waals surface area contributed by atoms with Crippen molar-refractivity contribution in [2.45, 2.75) is 56.0 Å². The lowest BCUT2D eigenvalue weighted by Gasteiger charge is -2.52. The molecule has 2 aliphatic heterocycles. The maximum absolute atomic E-state index is 14.0. The van der Waals surface area contributed by atoms with Crippen LogP contribution >= 0.6 is 0 Å². The van der Waals surface area contributed by atoms with E-state index in [0.717, 1.165) is 44.7 Å². The quantitative estimate of drug-likeness (QED) is 0.709. The molecule has 6 aliphatic rings. The molecule has 8 nitrogen and oxygen atoms in total. The van der Waals surface area contributed by atoms with Crippen molar-refractivity contribution < 1.29 is 32.2 Å². The van der Waals surface area contributed by atoms with E-state index >= 15 is 0 Å². The molecule has 186 valence electrons. The molecule has 1 aromatic rings. The van der Waals surface area contributed by atoms with Gasteiger partial charge in [-0.3, -0.25) is 4.79 Å². The average Bonchev–Trinajstić information content (AvgIpc) is 3.24. The van der Waals surface area contributed by atoms with Gasteiger partial charge in [0, 0.05) is 36.7 Å². The van der Waals surface area contributed by atoms with Crippen LogP contribution < -0.4 is 5.32 Å². The van der Waals surface area contributed by atoms with E-state index in [1.807, 2.05) is 0 Å².